The van der Waals surface area contributed by atoms with Crippen molar-refractivity contribution in [3.63, 3.8) is 0 Å². The summed E-state index contributed by atoms with van der Waals surface area (Å²) in [5, 5.41) is 11.0. The molecule has 262 valence electrons. The highest BCUT2D eigenvalue weighted by Gasteiger charge is 2.34. The molecule has 0 bridgehead atoms. The number of hydrogen-bond acceptors (Lipinski definition) is 10. The number of carbonyl (C=O) groups is 2. The molecule has 0 saturated carbocycles. The molecule has 14 nitrogen and oxygen atoms in total. The van der Waals surface area contributed by atoms with Crippen LogP contribution in [-0.2, 0) is 36.2 Å². The van der Waals surface area contributed by atoms with Gasteiger partial charge in [0.05, 0.1) is 38.4 Å². The lowest BCUT2D eigenvalue weighted by atomic mass is 9.95. The predicted molar refractivity (Wildman–Crippen MR) is 188 cm³/mol. The Kier molecular flexibility index (Phi) is 9.59. The van der Waals surface area contributed by atoms with Gasteiger partial charge >= 0.3 is 0 Å². The molecule has 2 aliphatic heterocycles. The van der Waals surface area contributed by atoms with Crippen molar-refractivity contribution in [3.8, 4) is 11.5 Å². The van der Waals surface area contributed by atoms with Crippen LogP contribution in [0, 0.1) is 5.92 Å². The molecular weight excluding hydrogens is 701 g/mol. The summed E-state index contributed by atoms with van der Waals surface area (Å²) in [4.78, 5) is 25.6. The average molecular weight is 731 g/mol. The van der Waals surface area contributed by atoms with E-state index in [4.69, 9.17) is 9.47 Å². The van der Waals surface area contributed by atoms with Crippen LogP contribution in [0.1, 0.15) is 25.0 Å². The zero-order valence-corrected chi connectivity index (χ0v) is 28.7. The molecule has 0 radical (unpaired) electrons. The van der Waals surface area contributed by atoms with E-state index in [0.29, 0.717) is 46.3 Å². The summed E-state index contributed by atoms with van der Waals surface area (Å²) in [6.45, 7) is 3.37. The average Bonchev–Trinajstić information content (AvgIpc) is 3.54. The Morgan fingerprint density at radius 1 is 0.686 bits per heavy atom. The van der Waals surface area contributed by atoms with Crippen molar-refractivity contribution in [2.45, 2.75) is 30.1 Å². The topological polar surface area (TPSA) is 193 Å². The fourth-order valence-corrected chi connectivity index (χ4v) is 6.31. The minimum absolute atomic E-state index is 0.0758. The highest BCUT2D eigenvalue weighted by Crippen LogP contribution is 2.29. The molecule has 0 aromatic heterocycles. The Labute approximate surface area is 293 Å². The summed E-state index contributed by atoms with van der Waals surface area (Å²) < 4.78 is 75.1. The van der Waals surface area contributed by atoms with Gasteiger partial charge in [0.15, 0.2) is 0 Å². The van der Waals surface area contributed by atoms with Crippen LogP contribution in [-0.4, -0.2) is 56.0 Å². The first-order valence-corrected chi connectivity index (χ1v) is 18.2. The Hall–Kier alpha value is -5.68. The molecule has 0 spiro atoms. The maximum Gasteiger partial charge on any atom is 0.294 e. The number of carbonyl (C=O) groups excluding carboxylic acids is 2. The van der Waals surface area contributed by atoms with Gasteiger partial charge in [-0.1, -0.05) is 24.3 Å². The lowest BCUT2D eigenvalue weighted by Crippen LogP contribution is -2.28. The fraction of sp³-hybridized carbons (Fsp3) is 0.143. The smallest absolute Gasteiger partial charge is 0.294 e. The zero-order valence-electron chi connectivity index (χ0n) is 27.1. The van der Waals surface area contributed by atoms with Gasteiger partial charge < -0.3 is 9.47 Å². The molecule has 4 aromatic carbocycles. The molecule has 2 heterocycles. The molecule has 2 aliphatic rings. The van der Waals surface area contributed by atoms with Crippen molar-refractivity contribution in [1.29, 1.82) is 0 Å². The Morgan fingerprint density at radius 3 is 1.69 bits per heavy atom. The number of benzene rings is 4. The van der Waals surface area contributed by atoms with Gasteiger partial charge in [0.25, 0.3) is 32.1 Å². The highest BCUT2D eigenvalue weighted by molar-refractivity contribution is 7.86. The van der Waals surface area contributed by atoms with Crippen LogP contribution in [0.4, 0.5) is 11.4 Å². The Morgan fingerprint density at radius 2 is 1.18 bits per heavy atom. The maximum atomic E-state index is 13.1. The SMILES string of the molecule is CC1=NN(c2ccc(S(=O)(=O)O)cc2)C(=O)/C1=C\c1ccc(OCOc2ccc(CC3C(=O)N(c4ccc(S(=O)(=O)O)cc4)N=C3C)cc2)cc1. The third-order valence-electron chi connectivity index (χ3n) is 8.10. The number of rotatable bonds is 11. The van der Waals surface area contributed by atoms with Gasteiger partial charge in [-0.15, -0.1) is 0 Å². The van der Waals surface area contributed by atoms with Crippen molar-refractivity contribution >= 4 is 60.9 Å². The largest absolute Gasteiger partial charge is 0.458 e. The van der Waals surface area contributed by atoms with Gasteiger partial charge in [-0.05, 0) is 110 Å². The van der Waals surface area contributed by atoms with Crippen molar-refractivity contribution in [2.75, 3.05) is 16.8 Å². The first kappa shape index (κ1) is 35.2. The van der Waals surface area contributed by atoms with Gasteiger partial charge in [0, 0.05) is 5.71 Å². The summed E-state index contributed by atoms with van der Waals surface area (Å²) in [7, 11) is -8.71. The quantitative estimate of drug-likeness (QED) is 0.121. The van der Waals surface area contributed by atoms with Crippen LogP contribution in [0.2, 0.25) is 0 Å². The zero-order chi connectivity index (χ0) is 36.5. The van der Waals surface area contributed by atoms with Gasteiger partial charge in [-0.3, -0.25) is 18.7 Å². The molecule has 1 atom stereocenters. The first-order chi connectivity index (χ1) is 24.2. The summed E-state index contributed by atoms with van der Waals surface area (Å²) in [6.07, 6.45) is 2.08. The van der Waals surface area contributed by atoms with E-state index in [0.717, 1.165) is 16.1 Å². The number of hydrogen-bond donors (Lipinski definition) is 2. The number of amides is 2. The van der Waals surface area contributed by atoms with Gasteiger partial charge in [0.2, 0.25) is 6.79 Å². The summed E-state index contributed by atoms with van der Waals surface area (Å²) in [6, 6.07) is 24.6. The second-order valence-electron chi connectivity index (χ2n) is 11.6. The predicted octanol–water partition coefficient (Wildman–Crippen LogP) is 4.98. The van der Waals surface area contributed by atoms with Gasteiger partial charge in [-0.2, -0.15) is 32.0 Å². The Balaban J connectivity index is 0.998. The van der Waals surface area contributed by atoms with Crippen LogP contribution in [0.5, 0.6) is 11.5 Å². The van der Waals surface area contributed by atoms with Crippen LogP contribution in [0.25, 0.3) is 6.08 Å². The van der Waals surface area contributed by atoms with Crippen molar-refractivity contribution in [2.24, 2.45) is 16.1 Å². The Bertz CT molecular complexity index is 2300. The van der Waals surface area contributed by atoms with E-state index >= 15 is 0 Å². The molecule has 6 rings (SSSR count). The van der Waals surface area contributed by atoms with Crippen molar-refractivity contribution < 1.29 is 45.0 Å². The number of hydrazone groups is 2. The summed E-state index contributed by atoms with van der Waals surface area (Å²) in [5.74, 6) is -0.0674. The minimum atomic E-state index is -4.36. The van der Waals surface area contributed by atoms with Gasteiger partial charge in [-0.25, -0.2) is 5.01 Å². The first-order valence-electron chi connectivity index (χ1n) is 15.3. The lowest BCUT2D eigenvalue weighted by Gasteiger charge is -2.15. The lowest BCUT2D eigenvalue weighted by molar-refractivity contribution is -0.119. The van der Waals surface area contributed by atoms with Crippen LogP contribution in [0.3, 0.4) is 0 Å². The number of ether oxygens (including phenoxy) is 2. The van der Waals surface area contributed by atoms with Crippen molar-refractivity contribution in [3.05, 3.63) is 114 Å². The minimum Gasteiger partial charge on any atom is -0.458 e. The highest BCUT2D eigenvalue weighted by atomic mass is 32.2. The molecule has 2 amide bonds. The van der Waals surface area contributed by atoms with E-state index in [1.807, 2.05) is 12.1 Å². The molecule has 0 fully saturated rings. The molecule has 51 heavy (non-hydrogen) atoms. The molecule has 0 saturated heterocycles. The van der Waals surface area contributed by atoms with Crippen LogP contribution < -0.4 is 19.5 Å². The number of anilines is 2. The maximum absolute atomic E-state index is 13.1. The molecule has 4 aromatic rings. The second-order valence-corrected chi connectivity index (χ2v) is 14.4. The summed E-state index contributed by atoms with van der Waals surface area (Å²) in [5.41, 5.74) is 3.78. The fourth-order valence-electron chi connectivity index (χ4n) is 5.35. The van der Waals surface area contributed by atoms with E-state index < -0.39 is 32.1 Å². The molecule has 1 unspecified atom stereocenters. The van der Waals surface area contributed by atoms with Crippen molar-refractivity contribution in [1.82, 2.24) is 0 Å². The summed E-state index contributed by atoms with van der Waals surface area (Å²) >= 11 is 0. The molecule has 2 N–H and O–H groups in total. The standard InChI is InChI=1S/C35H30N4O10S2/c1-22-32(34(40)38(36-22)26-7-15-30(16-8-26)50(42,43)44)19-24-3-11-28(12-4-24)48-21-49-29-13-5-25(6-14-29)20-33-23(2)37-39(35(33)41)27-9-17-31(18-10-27)51(45,46)47/h3-19,33H,20-21H2,1-2H3,(H,42,43,44)(H,45,46,47)/b32-19-. The van der Waals surface area contributed by atoms with E-state index in [1.54, 1.807) is 56.3 Å². The normalized spacial score (nSPS) is 17.2. The monoisotopic (exact) mass is 730 g/mol. The van der Waals surface area contributed by atoms with Crippen LogP contribution in [0.15, 0.2) is 123 Å². The van der Waals surface area contributed by atoms with E-state index in [-0.39, 0.29) is 22.5 Å². The third kappa shape index (κ3) is 7.89. The third-order valence-corrected chi connectivity index (χ3v) is 9.83. The van der Waals surface area contributed by atoms with E-state index in [9.17, 15) is 35.5 Å². The van der Waals surface area contributed by atoms with E-state index in [1.165, 1.54) is 53.5 Å². The van der Waals surface area contributed by atoms with E-state index in [2.05, 4.69) is 10.2 Å². The van der Waals surface area contributed by atoms with Gasteiger partial charge in [0.1, 0.15) is 11.5 Å². The molecule has 16 heteroatoms. The molecular formula is C35H30N4O10S2. The second kappa shape index (κ2) is 13.9. The number of nitrogens with zero attached hydrogens (tertiary/aromatic N) is 4. The van der Waals surface area contributed by atoms with Crippen LogP contribution >= 0.6 is 0 Å². The molecule has 0 aliphatic carbocycles.